The molecule has 0 unspecified atom stereocenters. The van der Waals surface area contributed by atoms with Crippen molar-refractivity contribution in [1.29, 1.82) is 0 Å². The number of ether oxygens (including phenoxy) is 2. The Kier molecular flexibility index (Phi) is 4.54. The van der Waals surface area contributed by atoms with Gasteiger partial charge < -0.3 is 15.2 Å². The smallest absolute Gasteiger partial charge is 0.337 e. The van der Waals surface area contributed by atoms with Crippen LogP contribution in [0, 0.1) is 0 Å². The normalized spacial score (nSPS) is 10.4. The zero-order valence-corrected chi connectivity index (χ0v) is 9.40. The van der Waals surface area contributed by atoms with Crippen LogP contribution >= 0.6 is 0 Å². The van der Waals surface area contributed by atoms with E-state index in [1.165, 1.54) is 7.11 Å². The van der Waals surface area contributed by atoms with Gasteiger partial charge in [-0.1, -0.05) is 18.2 Å². The third kappa shape index (κ3) is 2.84. The second kappa shape index (κ2) is 5.92. The molecule has 0 spiro atoms. The molecule has 1 aromatic carbocycles. The highest BCUT2D eigenvalue weighted by molar-refractivity contribution is 5.90. The van der Waals surface area contributed by atoms with Crippen LogP contribution in [0.25, 0.3) is 6.08 Å². The average molecular weight is 221 g/mol. The molecule has 0 aromatic heterocycles. The van der Waals surface area contributed by atoms with Gasteiger partial charge in [-0.25, -0.2) is 4.79 Å². The van der Waals surface area contributed by atoms with Gasteiger partial charge in [-0.15, -0.1) is 0 Å². The van der Waals surface area contributed by atoms with Gasteiger partial charge in [0, 0.05) is 12.1 Å². The summed E-state index contributed by atoms with van der Waals surface area (Å²) in [6.45, 7) is 0.460. The van der Waals surface area contributed by atoms with Gasteiger partial charge in [0.25, 0.3) is 0 Å². The number of benzene rings is 1. The molecule has 4 nitrogen and oxygen atoms in total. The van der Waals surface area contributed by atoms with E-state index < -0.39 is 0 Å². The van der Waals surface area contributed by atoms with E-state index in [2.05, 4.69) is 4.74 Å². The zero-order valence-electron chi connectivity index (χ0n) is 9.40. The Morgan fingerprint density at radius 2 is 2.19 bits per heavy atom. The first-order chi connectivity index (χ1) is 7.72. The standard InChI is InChI=1S/C12H15NO3/c1-15-11-8-10(12(14)16-2)6-5-9(11)4-3-7-13/h3-6,8H,7,13H2,1-2H3. The fourth-order valence-electron chi connectivity index (χ4n) is 1.29. The quantitative estimate of drug-likeness (QED) is 0.782. The predicted octanol–water partition coefficient (Wildman–Crippen LogP) is 1.45. The summed E-state index contributed by atoms with van der Waals surface area (Å²) >= 11 is 0. The first-order valence-corrected chi connectivity index (χ1v) is 4.86. The number of hydrogen-bond acceptors (Lipinski definition) is 4. The number of esters is 1. The van der Waals surface area contributed by atoms with Gasteiger partial charge in [-0.3, -0.25) is 0 Å². The van der Waals surface area contributed by atoms with E-state index in [1.807, 2.05) is 12.2 Å². The van der Waals surface area contributed by atoms with Crippen LogP contribution < -0.4 is 10.5 Å². The van der Waals surface area contributed by atoms with E-state index >= 15 is 0 Å². The molecule has 0 heterocycles. The topological polar surface area (TPSA) is 61.5 Å². The van der Waals surface area contributed by atoms with Gasteiger partial charge in [0.1, 0.15) is 5.75 Å². The lowest BCUT2D eigenvalue weighted by Crippen LogP contribution is -2.02. The Morgan fingerprint density at radius 1 is 1.44 bits per heavy atom. The number of nitrogens with two attached hydrogens (primary N) is 1. The summed E-state index contributed by atoms with van der Waals surface area (Å²) in [7, 11) is 2.90. The highest BCUT2D eigenvalue weighted by Gasteiger charge is 2.08. The van der Waals surface area contributed by atoms with Crippen LogP contribution in [0.4, 0.5) is 0 Å². The van der Waals surface area contributed by atoms with Gasteiger partial charge in [0.05, 0.1) is 19.8 Å². The Hall–Kier alpha value is -1.81. The minimum atomic E-state index is -0.382. The summed E-state index contributed by atoms with van der Waals surface area (Å²) in [5.41, 5.74) is 6.70. The SMILES string of the molecule is COC(=O)c1ccc(C=CCN)c(OC)c1. The fourth-order valence-corrected chi connectivity index (χ4v) is 1.29. The van der Waals surface area contributed by atoms with Crippen molar-refractivity contribution in [2.75, 3.05) is 20.8 Å². The molecule has 0 aliphatic rings. The van der Waals surface area contributed by atoms with Gasteiger partial charge in [-0.2, -0.15) is 0 Å². The molecule has 4 heteroatoms. The maximum Gasteiger partial charge on any atom is 0.337 e. The van der Waals surface area contributed by atoms with Crippen molar-refractivity contribution < 1.29 is 14.3 Å². The van der Waals surface area contributed by atoms with Crippen LogP contribution in [0.1, 0.15) is 15.9 Å². The maximum absolute atomic E-state index is 11.3. The Morgan fingerprint density at radius 3 is 2.75 bits per heavy atom. The van der Waals surface area contributed by atoms with Crippen molar-refractivity contribution in [2.45, 2.75) is 0 Å². The summed E-state index contributed by atoms with van der Waals surface area (Å²) in [6, 6.07) is 5.11. The van der Waals surface area contributed by atoms with Crippen molar-refractivity contribution in [2.24, 2.45) is 5.73 Å². The van der Waals surface area contributed by atoms with Gasteiger partial charge in [-0.05, 0) is 12.1 Å². The fraction of sp³-hybridized carbons (Fsp3) is 0.250. The molecule has 0 fully saturated rings. The van der Waals surface area contributed by atoms with E-state index in [0.29, 0.717) is 17.9 Å². The number of methoxy groups -OCH3 is 2. The summed E-state index contributed by atoms with van der Waals surface area (Å²) in [6.07, 6.45) is 3.66. The highest BCUT2D eigenvalue weighted by atomic mass is 16.5. The molecule has 0 saturated carbocycles. The van der Waals surface area contributed by atoms with Crippen LogP contribution in [0.3, 0.4) is 0 Å². The first-order valence-electron chi connectivity index (χ1n) is 4.86. The van der Waals surface area contributed by atoms with Crippen LogP contribution in [0.15, 0.2) is 24.3 Å². The molecule has 2 N–H and O–H groups in total. The molecule has 0 radical (unpaired) electrons. The van der Waals surface area contributed by atoms with E-state index in [-0.39, 0.29) is 5.97 Å². The van der Waals surface area contributed by atoms with Crippen LogP contribution in [0.5, 0.6) is 5.75 Å². The second-order valence-electron chi connectivity index (χ2n) is 3.09. The molecule has 0 saturated heterocycles. The van der Waals surface area contributed by atoms with Crippen LogP contribution in [-0.2, 0) is 4.74 Å². The summed E-state index contributed by atoms with van der Waals surface area (Å²) in [5, 5.41) is 0. The average Bonchev–Trinajstić information content (AvgIpc) is 2.35. The molecule has 16 heavy (non-hydrogen) atoms. The molecule has 1 aromatic rings. The lowest BCUT2D eigenvalue weighted by molar-refractivity contribution is 0.0600. The van der Waals surface area contributed by atoms with Crippen molar-refractivity contribution in [1.82, 2.24) is 0 Å². The number of hydrogen-bond donors (Lipinski definition) is 1. The lowest BCUT2D eigenvalue weighted by atomic mass is 10.1. The van der Waals surface area contributed by atoms with Crippen molar-refractivity contribution in [3.8, 4) is 5.75 Å². The van der Waals surface area contributed by atoms with Gasteiger partial charge in [0.2, 0.25) is 0 Å². The molecule has 1 rings (SSSR count). The van der Waals surface area contributed by atoms with E-state index in [4.69, 9.17) is 10.5 Å². The summed E-state index contributed by atoms with van der Waals surface area (Å²) in [5.74, 6) is 0.236. The van der Waals surface area contributed by atoms with E-state index in [0.717, 1.165) is 5.56 Å². The van der Waals surface area contributed by atoms with Crippen molar-refractivity contribution in [3.05, 3.63) is 35.4 Å². The first kappa shape index (κ1) is 12.3. The monoisotopic (exact) mass is 221 g/mol. The zero-order chi connectivity index (χ0) is 12.0. The Bertz CT molecular complexity index is 399. The van der Waals surface area contributed by atoms with E-state index in [1.54, 1.807) is 25.3 Å². The summed E-state index contributed by atoms with van der Waals surface area (Å²) < 4.78 is 9.80. The Labute approximate surface area is 94.7 Å². The third-order valence-corrected chi connectivity index (χ3v) is 2.09. The predicted molar refractivity (Wildman–Crippen MR) is 62.4 cm³/mol. The lowest BCUT2D eigenvalue weighted by Gasteiger charge is -2.06. The molecule has 0 aliphatic heterocycles. The number of rotatable bonds is 4. The minimum Gasteiger partial charge on any atom is -0.496 e. The third-order valence-electron chi connectivity index (χ3n) is 2.09. The van der Waals surface area contributed by atoms with Crippen LogP contribution in [0.2, 0.25) is 0 Å². The summed E-state index contributed by atoms with van der Waals surface area (Å²) in [4.78, 5) is 11.3. The molecule has 86 valence electrons. The molecule has 0 bridgehead atoms. The molecule has 0 amide bonds. The minimum absolute atomic E-state index is 0.382. The van der Waals surface area contributed by atoms with Crippen molar-refractivity contribution >= 4 is 12.0 Å². The molecular formula is C12H15NO3. The number of carbonyl (C=O) groups is 1. The highest BCUT2D eigenvalue weighted by Crippen LogP contribution is 2.21. The van der Waals surface area contributed by atoms with Crippen LogP contribution in [-0.4, -0.2) is 26.7 Å². The van der Waals surface area contributed by atoms with Gasteiger partial charge in [0.15, 0.2) is 0 Å². The largest absolute Gasteiger partial charge is 0.496 e. The second-order valence-corrected chi connectivity index (χ2v) is 3.09. The molecular weight excluding hydrogens is 206 g/mol. The van der Waals surface area contributed by atoms with E-state index in [9.17, 15) is 4.79 Å². The Balaban J connectivity index is 3.06. The van der Waals surface area contributed by atoms with Gasteiger partial charge >= 0.3 is 5.97 Å². The van der Waals surface area contributed by atoms with Crippen molar-refractivity contribution in [3.63, 3.8) is 0 Å². The molecule has 0 atom stereocenters. The number of carbonyl (C=O) groups excluding carboxylic acids is 1. The molecule has 0 aliphatic carbocycles. The maximum atomic E-state index is 11.3.